The second-order valence-electron chi connectivity index (χ2n) is 8.42. The van der Waals surface area contributed by atoms with Gasteiger partial charge in [0.05, 0.1) is 0 Å². The second-order valence-corrected chi connectivity index (χ2v) is 8.42. The Morgan fingerprint density at radius 3 is 1.43 bits per heavy atom. The fraction of sp³-hybridized carbons (Fsp3) is 0.103. The highest BCUT2D eigenvalue weighted by Gasteiger charge is 2.48. The van der Waals surface area contributed by atoms with Crippen LogP contribution in [0.3, 0.4) is 0 Å². The molecule has 6 heteroatoms. The lowest BCUT2D eigenvalue weighted by Gasteiger charge is -2.29. The van der Waals surface area contributed by atoms with E-state index < -0.39 is 47.3 Å². The maximum Gasteiger partial charge on any atom is 0.332 e. The van der Waals surface area contributed by atoms with E-state index in [-0.39, 0.29) is 11.1 Å². The molecule has 0 unspecified atom stereocenters. The normalized spacial score (nSPS) is 11.3. The van der Waals surface area contributed by atoms with Crippen LogP contribution in [0.1, 0.15) is 33.6 Å². The molecule has 0 aliphatic heterocycles. The van der Waals surface area contributed by atoms with Gasteiger partial charge in [0.25, 0.3) is 0 Å². The average molecular weight is 466 g/mol. The molecule has 174 valence electrons. The highest BCUT2D eigenvalue weighted by molar-refractivity contribution is 6.14. The van der Waals surface area contributed by atoms with Crippen molar-refractivity contribution >= 4 is 45.0 Å². The Morgan fingerprint density at radius 2 is 1.03 bits per heavy atom. The number of carbonyl (C=O) groups excluding carboxylic acids is 2. The first-order valence-corrected chi connectivity index (χ1v) is 10.9. The minimum atomic E-state index is -2.33. The molecule has 4 aromatic carbocycles. The first-order chi connectivity index (χ1) is 16.7. The zero-order valence-corrected chi connectivity index (χ0v) is 18.7. The van der Waals surface area contributed by atoms with Crippen molar-refractivity contribution in [1.29, 1.82) is 0 Å². The summed E-state index contributed by atoms with van der Waals surface area (Å²) in [5, 5.41) is 22.7. The Balaban J connectivity index is 1.79. The van der Waals surface area contributed by atoms with Crippen molar-refractivity contribution in [3.8, 4) is 0 Å². The Hall–Kier alpha value is -4.58. The Bertz CT molecular complexity index is 1410. The predicted octanol–water partition coefficient (Wildman–Crippen LogP) is 5.55. The predicted molar refractivity (Wildman–Crippen MR) is 133 cm³/mol. The molecule has 4 aromatic rings. The molecule has 4 rings (SSSR count). The van der Waals surface area contributed by atoms with E-state index in [2.05, 4.69) is 6.58 Å². The number of hydrogen-bond acceptors (Lipinski definition) is 4. The van der Waals surface area contributed by atoms with E-state index in [4.69, 9.17) is 0 Å². The average Bonchev–Trinajstić information content (AvgIpc) is 2.86. The molecule has 2 N–H and O–H groups in total. The maximum absolute atomic E-state index is 13.4. The Kier molecular flexibility index (Phi) is 6.30. The van der Waals surface area contributed by atoms with Gasteiger partial charge in [0.1, 0.15) is 5.41 Å². The largest absolute Gasteiger partial charge is 0.481 e. The van der Waals surface area contributed by atoms with Crippen LogP contribution in [0.2, 0.25) is 0 Å². The third-order valence-electron chi connectivity index (χ3n) is 6.35. The molecular weight excluding hydrogens is 444 g/mol. The lowest BCUT2D eigenvalue weighted by atomic mass is 9.71. The third kappa shape index (κ3) is 4.34. The molecule has 35 heavy (non-hydrogen) atoms. The van der Waals surface area contributed by atoms with Gasteiger partial charge in [-0.1, -0.05) is 91.5 Å². The van der Waals surface area contributed by atoms with E-state index in [1.54, 1.807) is 48.5 Å². The fourth-order valence-corrected chi connectivity index (χ4v) is 4.44. The minimum Gasteiger partial charge on any atom is -0.481 e. The third-order valence-corrected chi connectivity index (χ3v) is 6.35. The van der Waals surface area contributed by atoms with Crippen molar-refractivity contribution < 1.29 is 29.4 Å². The van der Waals surface area contributed by atoms with E-state index in [0.717, 1.165) is 10.8 Å². The van der Waals surface area contributed by atoms with Crippen LogP contribution in [0.15, 0.2) is 97.1 Å². The zero-order chi connectivity index (χ0) is 25.2. The Morgan fingerprint density at radius 1 is 0.629 bits per heavy atom. The molecule has 0 aliphatic rings. The van der Waals surface area contributed by atoms with Gasteiger partial charge < -0.3 is 10.2 Å². The van der Waals surface area contributed by atoms with E-state index in [0.29, 0.717) is 10.8 Å². The molecule has 0 amide bonds. The number of Topliss-reactive ketones (excluding diaryl/α,β-unsaturated/α-hetero) is 2. The van der Waals surface area contributed by atoms with Crippen LogP contribution in [0.5, 0.6) is 0 Å². The van der Waals surface area contributed by atoms with Gasteiger partial charge in [-0.25, -0.2) is 4.79 Å². The van der Waals surface area contributed by atoms with Gasteiger partial charge in [-0.3, -0.25) is 14.4 Å². The molecule has 0 heterocycles. The molecule has 0 atom stereocenters. The number of carboxylic acids is 2. The van der Waals surface area contributed by atoms with Gasteiger partial charge in [0.2, 0.25) is 0 Å². The topological polar surface area (TPSA) is 109 Å². The smallest absolute Gasteiger partial charge is 0.332 e. The van der Waals surface area contributed by atoms with Gasteiger partial charge in [-0.2, -0.15) is 0 Å². The summed E-state index contributed by atoms with van der Waals surface area (Å²) in [5.41, 5.74) is -2.53. The molecule has 0 bridgehead atoms. The quantitative estimate of drug-likeness (QED) is 0.247. The van der Waals surface area contributed by atoms with Gasteiger partial charge >= 0.3 is 11.9 Å². The zero-order valence-electron chi connectivity index (χ0n) is 18.7. The first-order valence-electron chi connectivity index (χ1n) is 10.9. The molecule has 0 saturated heterocycles. The number of aliphatic carboxylic acids is 2. The molecule has 0 spiro atoms. The number of rotatable bonds is 9. The van der Waals surface area contributed by atoms with E-state index in [1.165, 1.54) is 0 Å². The first kappa shape index (κ1) is 23.6. The van der Waals surface area contributed by atoms with E-state index >= 15 is 0 Å². The van der Waals surface area contributed by atoms with Crippen LogP contribution in [0.4, 0.5) is 0 Å². The summed E-state index contributed by atoms with van der Waals surface area (Å²) in [4.78, 5) is 51.4. The van der Waals surface area contributed by atoms with E-state index in [1.807, 2.05) is 36.4 Å². The lowest BCUT2D eigenvalue weighted by Crippen LogP contribution is -2.40. The van der Waals surface area contributed by atoms with Crippen LogP contribution in [0, 0.1) is 5.41 Å². The summed E-state index contributed by atoms with van der Waals surface area (Å²) in [6.45, 7) is 3.48. The molecule has 0 aliphatic carbocycles. The van der Waals surface area contributed by atoms with Crippen LogP contribution in [-0.4, -0.2) is 33.7 Å². The minimum absolute atomic E-state index is 0.254. The number of ketones is 2. The van der Waals surface area contributed by atoms with Crippen LogP contribution >= 0.6 is 0 Å². The van der Waals surface area contributed by atoms with Crippen molar-refractivity contribution in [2.24, 2.45) is 5.41 Å². The van der Waals surface area contributed by atoms with E-state index in [9.17, 15) is 29.4 Å². The summed E-state index contributed by atoms with van der Waals surface area (Å²) in [5.74, 6) is -4.34. The monoisotopic (exact) mass is 466 g/mol. The Labute approximate surface area is 201 Å². The molecule has 0 aromatic heterocycles. The molecule has 0 saturated carbocycles. The SMILES string of the molecule is C=C(C(=O)O)C(CC(=O)c1cccc2ccccc12)(CC(=O)c1cccc2ccccc12)C(=O)O. The fourth-order valence-electron chi connectivity index (χ4n) is 4.44. The van der Waals surface area contributed by atoms with Crippen molar-refractivity contribution in [1.82, 2.24) is 0 Å². The highest BCUT2D eigenvalue weighted by atomic mass is 16.4. The van der Waals surface area contributed by atoms with Crippen molar-refractivity contribution in [3.63, 3.8) is 0 Å². The van der Waals surface area contributed by atoms with Gasteiger partial charge in [0.15, 0.2) is 11.6 Å². The molecular formula is C29H22O6. The second kappa shape index (κ2) is 9.35. The molecule has 6 nitrogen and oxygen atoms in total. The van der Waals surface area contributed by atoms with Gasteiger partial charge in [0, 0.05) is 29.5 Å². The standard InChI is InChI=1S/C29H22O6/c1-18(27(32)33)29(28(34)35,16-25(30)23-14-6-10-19-8-2-4-12-21(19)23)17-26(31)24-15-7-11-20-9-3-5-13-22(20)24/h2-15H,1,16-17H2,(H,32,33)(H,34,35). The number of carboxylic acid groups (broad SMARTS) is 2. The highest BCUT2D eigenvalue weighted by Crippen LogP contribution is 2.39. The summed E-state index contributed by atoms with van der Waals surface area (Å²) < 4.78 is 0. The molecule has 0 fully saturated rings. The summed E-state index contributed by atoms with van der Waals surface area (Å²) in [6, 6.07) is 24.3. The number of benzene rings is 4. The summed E-state index contributed by atoms with van der Waals surface area (Å²) in [7, 11) is 0. The van der Waals surface area contributed by atoms with Crippen LogP contribution in [0.25, 0.3) is 21.5 Å². The van der Waals surface area contributed by atoms with Gasteiger partial charge in [-0.05, 0) is 21.5 Å². The number of hydrogen-bond donors (Lipinski definition) is 2. The van der Waals surface area contributed by atoms with Crippen LogP contribution in [-0.2, 0) is 9.59 Å². The number of fused-ring (bicyclic) bond motifs is 2. The maximum atomic E-state index is 13.4. The van der Waals surface area contributed by atoms with Crippen molar-refractivity contribution in [2.75, 3.05) is 0 Å². The number of carbonyl (C=O) groups is 4. The molecule has 0 radical (unpaired) electrons. The summed E-state index contributed by atoms with van der Waals surface area (Å²) >= 11 is 0. The van der Waals surface area contributed by atoms with Crippen molar-refractivity contribution in [3.05, 3.63) is 108 Å². The lowest BCUT2D eigenvalue weighted by molar-refractivity contribution is -0.149. The van der Waals surface area contributed by atoms with Crippen molar-refractivity contribution in [2.45, 2.75) is 12.8 Å². The van der Waals surface area contributed by atoms with Crippen LogP contribution < -0.4 is 0 Å². The summed E-state index contributed by atoms with van der Waals surface area (Å²) in [6.07, 6.45) is -1.45. The van der Waals surface area contributed by atoms with Gasteiger partial charge in [-0.15, -0.1) is 0 Å².